The van der Waals surface area contributed by atoms with Gasteiger partial charge in [-0.25, -0.2) is 0 Å². The molecule has 0 N–H and O–H groups in total. The molecule has 96 valence electrons. The van der Waals surface area contributed by atoms with Crippen molar-refractivity contribution in [3.8, 4) is 22.3 Å². The normalized spacial score (nSPS) is 10.2. The fourth-order valence-electron chi connectivity index (χ4n) is 2.31. The third-order valence-electron chi connectivity index (χ3n) is 3.31. The lowest BCUT2D eigenvalue weighted by Crippen LogP contribution is -1.87. The average molecular weight is 258 g/mol. The summed E-state index contributed by atoms with van der Waals surface area (Å²) in [7, 11) is 0. The highest BCUT2D eigenvalue weighted by Crippen LogP contribution is 2.27. The molecule has 0 aliphatic carbocycles. The number of carbonyl (C=O) groups is 1. The molecule has 0 heterocycles. The molecule has 0 amide bonds. The number of hydrogen-bond acceptors (Lipinski definition) is 1. The monoisotopic (exact) mass is 258 g/mol. The van der Waals surface area contributed by atoms with Crippen LogP contribution in [0.5, 0.6) is 0 Å². The summed E-state index contributed by atoms with van der Waals surface area (Å²) in [6, 6.07) is 26.2. The van der Waals surface area contributed by atoms with E-state index in [-0.39, 0.29) is 0 Å². The molecule has 0 saturated heterocycles. The maximum atomic E-state index is 11.2. The van der Waals surface area contributed by atoms with E-state index in [1.807, 2.05) is 48.5 Å². The second-order valence-corrected chi connectivity index (χ2v) is 4.69. The fourth-order valence-corrected chi connectivity index (χ4v) is 2.31. The molecule has 0 saturated carbocycles. The number of benzene rings is 3. The summed E-state index contributed by atoms with van der Waals surface area (Å²) in [5.74, 6) is 0. The van der Waals surface area contributed by atoms with Crippen LogP contribution in [-0.2, 0) is 0 Å². The molecule has 20 heavy (non-hydrogen) atoms. The molecule has 1 nitrogen and oxygen atoms in total. The van der Waals surface area contributed by atoms with Gasteiger partial charge < -0.3 is 0 Å². The van der Waals surface area contributed by atoms with Crippen molar-refractivity contribution in [3.63, 3.8) is 0 Å². The predicted molar refractivity (Wildman–Crippen MR) is 82.7 cm³/mol. The minimum atomic E-state index is 0.699. The highest BCUT2D eigenvalue weighted by atomic mass is 16.1. The first kappa shape index (κ1) is 12.4. The summed E-state index contributed by atoms with van der Waals surface area (Å²) in [4.78, 5) is 11.2. The maximum Gasteiger partial charge on any atom is 0.150 e. The van der Waals surface area contributed by atoms with Crippen molar-refractivity contribution in [1.29, 1.82) is 0 Å². The van der Waals surface area contributed by atoms with Gasteiger partial charge in [0.15, 0.2) is 0 Å². The summed E-state index contributed by atoms with van der Waals surface area (Å²) in [5, 5.41) is 0. The predicted octanol–water partition coefficient (Wildman–Crippen LogP) is 4.83. The third kappa shape index (κ3) is 2.52. The average Bonchev–Trinajstić information content (AvgIpc) is 2.56. The zero-order valence-corrected chi connectivity index (χ0v) is 11.0. The molecular formula is C19H14O. The first-order valence-corrected chi connectivity index (χ1v) is 6.58. The van der Waals surface area contributed by atoms with E-state index in [2.05, 4.69) is 30.3 Å². The Morgan fingerprint density at radius 1 is 0.550 bits per heavy atom. The molecule has 0 fully saturated rings. The molecule has 3 rings (SSSR count). The largest absolute Gasteiger partial charge is 0.298 e. The van der Waals surface area contributed by atoms with Crippen LogP contribution < -0.4 is 0 Å². The van der Waals surface area contributed by atoms with E-state index in [0.29, 0.717) is 5.56 Å². The van der Waals surface area contributed by atoms with Crippen LogP contribution in [0.2, 0.25) is 0 Å². The Morgan fingerprint density at radius 3 is 1.40 bits per heavy atom. The minimum absolute atomic E-state index is 0.699. The van der Waals surface area contributed by atoms with Crippen molar-refractivity contribution in [3.05, 3.63) is 84.4 Å². The van der Waals surface area contributed by atoms with Crippen LogP contribution in [0.1, 0.15) is 10.4 Å². The summed E-state index contributed by atoms with van der Waals surface area (Å²) >= 11 is 0. The van der Waals surface area contributed by atoms with E-state index in [4.69, 9.17) is 0 Å². The fraction of sp³-hybridized carbons (Fsp3) is 0. The Labute approximate surface area is 118 Å². The molecule has 3 aromatic rings. The van der Waals surface area contributed by atoms with Crippen LogP contribution in [0.25, 0.3) is 22.3 Å². The van der Waals surface area contributed by atoms with Crippen LogP contribution in [0.4, 0.5) is 0 Å². The second kappa shape index (κ2) is 5.54. The van der Waals surface area contributed by atoms with E-state index >= 15 is 0 Å². The lowest BCUT2D eigenvalue weighted by molar-refractivity contribution is 0.112. The second-order valence-electron chi connectivity index (χ2n) is 4.69. The molecule has 0 radical (unpaired) electrons. The molecule has 0 aromatic heterocycles. The van der Waals surface area contributed by atoms with Gasteiger partial charge in [-0.1, -0.05) is 60.7 Å². The van der Waals surface area contributed by atoms with Crippen molar-refractivity contribution in [2.24, 2.45) is 0 Å². The van der Waals surface area contributed by atoms with Crippen LogP contribution >= 0.6 is 0 Å². The van der Waals surface area contributed by atoms with E-state index in [1.165, 1.54) is 0 Å². The van der Waals surface area contributed by atoms with Gasteiger partial charge in [0.1, 0.15) is 6.29 Å². The van der Waals surface area contributed by atoms with Gasteiger partial charge in [-0.05, 0) is 40.5 Å². The van der Waals surface area contributed by atoms with Gasteiger partial charge in [-0.15, -0.1) is 0 Å². The number of aldehydes is 1. The van der Waals surface area contributed by atoms with Crippen molar-refractivity contribution >= 4 is 6.29 Å². The molecule has 0 aliphatic rings. The smallest absolute Gasteiger partial charge is 0.150 e. The SMILES string of the molecule is O=Cc1cc(-c2ccccc2)cc(-c2ccccc2)c1. The zero-order chi connectivity index (χ0) is 13.8. The first-order valence-electron chi connectivity index (χ1n) is 6.58. The van der Waals surface area contributed by atoms with E-state index in [1.54, 1.807) is 0 Å². The summed E-state index contributed by atoms with van der Waals surface area (Å²) in [6.45, 7) is 0. The number of hydrogen-bond donors (Lipinski definition) is 0. The van der Waals surface area contributed by atoms with E-state index in [0.717, 1.165) is 28.5 Å². The van der Waals surface area contributed by atoms with Gasteiger partial charge in [0.05, 0.1) is 0 Å². The van der Waals surface area contributed by atoms with E-state index in [9.17, 15) is 4.79 Å². The highest BCUT2D eigenvalue weighted by molar-refractivity contribution is 5.84. The Hall–Kier alpha value is -2.67. The van der Waals surface area contributed by atoms with Crippen LogP contribution in [0.3, 0.4) is 0 Å². The van der Waals surface area contributed by atoms with Crippen molar-refractivity contribution in [2.75, 3.05) is 0 Å². The van der Waals surface area contributed by atoms with Gasteiger partial charge in [-0.2, -0.15) is 0 Å². The van der Waals surface area contributed by atoms with Crippen molar-refractivity contribution in [2.45, 2.75) is 0 Å². The lowest BCUT2D eigenvalue weighted by Gasteiger charge is -2.08. The summed E-state index contributed by atoms with van der Waals surface area (Å²) in [5.41, 5.74) is 5.06. The third-order valence-corrected chi connectivity index (χ3v) is 3.31. The minimum Gasteiger partial charge on any atom is -0.298 e. The molecule has 0 spiro atoms. The van der Waals surface area contributed by atoms with E-state index < -0.39 is 0 Å². The zero-order valence-electron chi connectivity index (χ0n) is 11.0. The topological polar surface area (TPSA) is 17.1 Å². The highest BCUT2D eigenvalue weighted by Gasteiger charge is 2.04. The quantitative estimate of drug-likeness (QED) is 0.615. The van der Waals surface area contributed by atoms with Crippen molar-refractivity contribution in [1.82, 2.24) is 0 Å². The standard InChI is InChI=1S/C19H14O/c20-14-15-11-18(16-7-3-1-4-8-16)13-19(12-15)17-9-5-2-6-10-17/h1-14H. The number of rotatable bonds is 3. The van der Waals surface area contributed by atoms with Gasteiger partial charge in [0.2, 0.25) is 0 Å². The molecule has 3 aromatic carbocycles. The van der Waals surface area contributed by atoms with Gasteiger partial charge >= 0.3 is 0 Å². The molecule has 0 bridgehead atoms. The Kier molecular flexibility index (Phi) is 3.42. The van der Waals surface area contributed by atoms with Gasteiger partial charge in [0, 0.05) is 5.56 Å². The first-order chi connectivity index (χ1) is 9.86. The molecular weight excluding hydrogens is 244 g/mol. The van der Waals surface area contributed by atoms with Crippen LogP contribution in [-0.4, -0.2) is 6.29 Å². The maximum absolute atomic E-state index is 11.2. The Morgan fingerprint density at radius 2 is 1.00 bits per heavy atom. The lowest BCUT2D eigenvalue weighted by atomic mass is 9.96. The Bertz CT molecular complexity index is 658. The van der Waals surface area contributed by atoms with Gasteiger partial charge in [-0.3, -0.25) is 4.79 Å². The molecule has 0 unspecified atom stereocenters. The molecule has 1 heteroatoms. The van der Waals surface area contributed by atoms with Crippen LogP contribution in [0, 0.1) is 0 Å². The molecule has 0 atom stereocenters. The van der Waals surface area contributed by atoms with Gasteiger partial charge in [0.25, 0.3) is 0 Å². The van der Waals surface area contributed by atoms with Crippen molar-refractivity contribution < 1.29 is 4.79 Å². The summed E-state index contributed by atoms with van der Waals surface area (Å²) in [6.07, 6.45) is 0.902. The Balaban J connectivity index is 2.15. The van der Waals surface area contributed by atoms with Crippen LogP contribution in [0.15, 0.2) is 78.9 Å². The summed E-state index contributed by atoms with van der Waals surface area (Å²) < 4.78 is 0. The molecule has 0 aliphatic heterocycles. The number of carbonyl (C=O) groups excluding carboxylic acids is 1.